The molecule has 3 nitrogen and oxygen atoms in total. The van der Waals surface area contributed by atoms with E-state index in [0.29, 0.717) is 0 Å². The van der Waals surface area contributed by atoms with Gasteiger partial charge < -0.3 is 4.74 Å². The Balaban J connectivity index is 2.74. The topological polar surface area (TPSA) is 45.0 Å². The van der Waals surface area contributed by atoms with Crippen LogP contribution in [0.25, 0.3) is 0 Å². The van der Waals surface area contributed by atoms with Crippen molar-refractivity contribution in [3.05, 3.63) is 29.6 Å². The molecule has 0 fully saturated rings. The fraction of sp³-hybridized carbons (Fsp3) is 0.500. The van der Waals surface area contributed by atoms with Gasteiger partial charge in [-0.15, -0.1) is 0 Å². The zero-order valence-corrected chi connectivity index (χ0v) is 11.2. The maximum Gasteiger partial charge on any atom is 0.165 e. The third-order valence-corrected chi connectivity index (χ3v) is 2.46. The lowest BCUT2D eigenvalue weighted by Crippen LogP contribution is -2.49. The van der Waals surface area contributed by atoms with Gasteiger partial charge in [0.1, 0.15) is 12.1 Å². The Hall–Kier alpha value is -1.60. The van der Waals surface area contributed by atoms with E-state index < -0.39 is 11.4 Å². The normalized spacial score (nSPS) is 14.1. The molecule has 0 saturated heterocycles. The van der Waals surface area contributed by atoms with Gasteiger partial charge in [-0.3, -0.25) is 5.32 Å². The van der Waals surface area contributed by atoms with E-state index in [4.69, 9.17) is 10.00 Å². The number of aryl methyl sites for hydroxylation is 1. The predicted octanol–water partition coefficient (Wildman–Crippen LogP) is 2.79. The molecule has 0 heterocycles. The lowest BCUT2D eigenvalue weighted by atomic mass is 10.1. The van der Waals surface area contributed by atoms with Crippen molar-refractivity contribution >= 4 is 0 Å². The summed E-state index contributed by atoms with van der Waals surface area (Å²) in [6, 6.07) is 6.98. The monoisotopic (exact) mass is 250 g/mol. The van der Waals surface area contributed by atoms with Crippen LogP contribution >= 0.6 is 0 Å². The van der Waals surface area contributed by atoms with Gasteiger partial charge in [0.2, 0.25) is 0 Å². The summed E-state index contributed by atoms with van der Waals surface area (Å²) in [7, 11) is 0. The number of nitrogens with one attached hydrogen (secondary N) is 1. The van der Waals surface area contributed by atoms with Crippen LogP contribution < -0.4 is 10.1 Å². The first-order valence-electron chi connectivity index (χ1n) is 5.94. The fourth-order valence-corrected chi connectivity index (χ4v) is 1.69. The largest absolute Gasteiger partial charge is 0.487 e. The van der Waals surface area contributed by atoms with Gasteiger partial charge >= 0.3 is 0 Å². The van der Waals surface area contributed by atoms with Crippen molar-refractivity contribution in [3.63, 3.8) is 0 Å². The highest BCUT2D eigenvalue weighted by atomic mass is 19.1. The number of hydrogen-bond acceptors (Lipinski definition) is 3. The van der Waals surface area contributed by atoms with Crippen molar-refractivity contribution in [2.24, 2.45) is 0 Å². The van der Waals surface area contributed by atoms with Gasteiger partial charge in [0.15, 0.2) is 11.6 Å². The third-order valence-electron chi connectivity index (χ3n) is 2.46. The quantitative estimate of drug-likeness (QED) is 0.874. The Morgan fingerprint density at radius 2 is 2.17 bits per heavy atom. The summed E-state index contributed by atoms with van der Waals surface area (Å²) in [6.07, 6.45) is 0. The number of halogens is 1. The second-order valence-corrected chi connectivity index (χ2v) is 4.97. The Bertz CT molecular complexity index is 454. The SMILES string of the molecule is Cc1ccc(F)c(OCC(C)(C#N)NC(C)C)c1. The van der Waals surface area contributed by atoms with Crippen molar-refractivity contribution in [3.8, 4) is 11.8 Å². The number of nitrogens with zero attached hydrogens (tertiary/aromatic N) is 1. The summed E-state index contributed by atoms with van der Waals surface area (Å²) in [5.74, 6) is -0.229. The third kappa shape index (κ3) is 4.01. The molecule has 0 aliphatic rings. The summed E-state index contributed by atoms with van der Waals surface area (Å²) in [5.41, 5.74) is 0.0894. The van der Waals surface area contributed by atoms with Gasteiger partial charge in [0.05, 0.1) is 6.07 Å². The Morgan fingerprint density at radius 1 is 1.50 bits per heavy atom. The van der Waals surface area contributed by atoms with Crippen LogP contribution in [0.1, 0.15) is 26.3 Å². The Morgan fingerprint density at radius 3 is 2.72 bits per heavy atom. The fourth-order valence-electron chi connectivity index (χ4n) is 1.69. The molecule has 0 radical (unpaired) electrons. The van der Waals surface area contributed by atoms with Gasteiger partial charge in [-0.2, -0.15) is 5.26 Å². The van der Waals surface area contributed by atoms with E-state index in [0.717, 1.165) is 5.56 Å². The molecule has 4 heteroatoms. The van der Waals surface area contributed by atoms with Gasteiger partial charge in [-0.1, -0.05) is 6.07 Å². The van der Waals surface area contributed by atoms with Crippen LogP contribution in [-0.2, 0) is 0 Å². The number of hydrogen-bond donors (Lipinski definition) is 1. The van der Waals surface area contributed by atoms with E-state index in [-0.39, 0.29) is 18.4 Å². The molecule has 0 aromatic heterocycles. The molecule has 1 N–H and O–H groups in total. The van der Waals surface area contributed by atoms with E-state index in [1.165, 1.54) is 6.07 Å². The van der Waals surface area contributed by atoms with E-state index in [2.05, 4.69) is 11.4 Å². The average molecular weight is 250 g/mol. The molecule has 0 saturated carbocycles. The lowest BCUT2D eigenvalue weighted by molar-refractivity contribution is 0.217. The summed E-state index contributed by atoms with van der Waals surface area (Å²) >= 11 is 0. The first-order chi connectivity index (χ1) is 8.36. The molecule has 1 aromatic carbocycles. The Kier molecular flexibility index (Phi) is 4.69. The van der Waals surface area contributed by atoms with E-state index in [1.54, 1.807) is 19.1 Å². The van der Waals surface area contributed by atoms with Crippen LogP contribution in [0.2, 0.25) is 0 Å². The highest BCUT2D eigenvalue weighted by molar-refractivity contribution is 5.29. The molecular weight excluding hydrogens is 231 g/mol. The Labute approximate surface area is 108 Å². The number of benzene rings is 1. The van der Waals surface area contributed by atoms with Crippen molar-refractivity contribution in [1.29, 1.82) is 5.26 Å². The molecule has 1 aromatic rings. The van der Waals surface area contributed by atoms with Crippen LogP contribution in [0.15, 0.2) is 18.2 Å². The molecule has 1 rings (SSSR count). The van der Waals surface area contributed by atoms with Crippen molar-refractivity contribution < 1.29 is 9.13 Å². The molecule has 0 amide bonds. The zero-order valence-electron chi connectivity index (χ0n) is 11.2. The smallest absolute Gasteiger partial charge is 0.165 e. The van der Waals surface area contributed by atoms with Crippen LogP contribution in [0.4, 0.5) is 4.39 Å². The molecule has 0 aliphatic carbocycles. The van der Waals surface area contributed by atoms with Crippen LogP contribution in [0.3, 0.4) is 0 Å². The maximum absolute atomic E-state index is 13.5. The molecule has 1 unspecified atom stereocenters. The summed E-state index contributed by atoms with van der Waals surface area (Å²) in [6.45, 7) is 7.59. The predicted molar refractivity (Wildman–Crippen MR) is 68.9 cm³/mol. The van der Waals surface area contributed by atoms with Crippen molar-refractivity contribution in [1.82, 2.24) is 5.32 Å². The molecule has 0 spiro atoms. The summed E-state index contributed by atoms with van der Waals surface area (Å²) < 4.78 is 18.9. The van der Waals surface area contributed by atoms with Crippen LogP contribution in [0, 0.1) is 24.1 Å². The first kappa shape index (κ1) is 14.5. The number of nitriles is 1. The van der Waals surface area contributed by atoms with Gasteiger partial charge in [0, 0.05) is 6.04 Å². The van der Waals surface area contributed by atoms with Gasteiger partial charge in [-0.05, 0) is 45.4 Å². The van der Waals surface area contributed by atoms with Crippen molar-refractivity contribution in [2.75, 3.05) is 6.61 Å². The van der Waals surface area contributed by atoms with Crippen LogP contribution in [0.5, 0.6) is 5.75 Å². The molecule has 1 atom stereocenters. The second-order valence-electron chi connectivity index (χ2n) is 4.97. The van der Waals surface area contributed by atoms with Crippen molar-refractivity contribution in [2.45, 2.75) is 39.3 Å². The maximum atomic E-state index is 13.5. The van der Waals surface area contributed by atoms with E-state index in [1.807, 2.05) is 20.8 Å². The first-order valence-corrected chi connectivity index (χ1v) is 5.94. The van der Waals surface area contributed by atoms with Gasteiger partial charge in [-0.25, -0.2) is 4.39 Å². The zero-order chi connectivity index (χ0) is 13.8. The van der Waals surface area contributed by atoms with E-state index in [9.17, 15) is 4.39 Å². The van der Waals surface area contributed by atoms with Gasteiger partial charge in [0.25, 0.3) is 0 Å². The average Bonchev–Trinajstić information content (AvgIpc) is 2.29. The lowest BCUT2D eigenvalue weighted by Gasteiger charge is -2.26. The van der Waals surface area contributed by atoms with E-state index >= 15 is 0 Å². The molecular formula is C14H19FN2O. The second kappa shape index (κ2) is 5.83. The minimum atomic E-state index is -0.829. The summed E-state index contributed by atoms with van der Waals surface area (Å²) in [5, 5.41) is 12.3. The molecule has 0 bridgehead atoms. The molecule has 18 heavy (non-hydrogen) atoms. The highest BCUT2D eigenvalue weighted by Gasteiger charge is 2.25. The standard InChI is InChI=1S/C14H19FN2O/c1-10(2)17-14(4,8-16)9-18-13-7-11(3)5-6-12(13)15/h5-7,10,17H,9H2,1-4H3. The molecule has 98 valence electrons. The number of rotatable bonds is 5. The summed E-state index contributed by atoms with van der Waals surface area (Å²) in [4.78, 5) is 0. The number of ether oxygens (including phenoxy) is 1. The van der Waals surface area contributed by atoms with Crippen LogP contribution in [-0.4, -0.2) is 18.2 Å². The highest BCUT2D eigenvalue weighted by Crippen LogP contribution is 2.19. The minimum Gasteiger partial charge on any atom is -0.487 e. The molecule has 0 aliphatic heterocycles. The minimum absolute atomic E-state index is 0.0993.